The maximum atomic E-state index is 13.7. The number of nitro groups is 1. The van der Waals surface area contributed by atoms with Crippen molar-refractivity contribution in [2.24, 2.45) is 11.1 Å². The van der Waals surface area contributed by atoms with Crippen molar-refractivity contribution in [3.8, 4) is 5.75 Å². The van der Waals surface area contributed by atoms with Crippen LogP contribution >= 0.6 is 0 Å². The van der Waals surface area contributed by atoms with Crippen LogP contribution in [-0.2, 0) is 6.54 Å². The van der Waals surface area contributed by atoms with Crippen LogP contribution in [0.3, 0.4) is 0 Å². The van der Waals surface area contributed by atoms with Gasteiger partial charge in [-0.3, -0.25) is 10.1 Å². The Hall–Kier alpha value is -4.67. The number of hydrogen-bond acceptors (Lipinski definition) is 5. The number of fused-ring (bicyclic) bond motifs is 5. The van der Waals surface area contributed by atoms with E-state index in [1.165, 1.54) is 18.2 Å². The fourth-order valence-corrected chi connectivity index (χ4v) is 5.90. The third-order valence-electron chi connectivity index (χ3n) is 8.28. The van der Waals surface area contributed by atoms with Gasteiger partial charge in [-0.25, -0.2) is 8.78 Å². The largest absolute Gasteiger partial charge is 0.486 e. The molecule has 0 saturated heterocycles. The molecule has 1 unspecified atom stereocenters. The van der Waals surface area contributed by atoms with Gasteiger partial charge < -0.3 is 14.5 Å². The number of alkyl halides is 4. The standard InChI is InChI=1S/C34H33F4N3O4/c1-3-5-10-21(4-2)19-40-28-16-15-22(31(39-42)25-13-8-9-14-30(25)45-20-34(37,38)33(35)36)17-26(28)27-18-29(41(43)44)23-11-6-7-12-24(23)32(27)40/h6-9,11-18,21,33,42H,3-5,10,19-20H2,1-2H3/b39-31+. The van der Waals surface area contributed by atoms with Crippen LogP contribution in [0, 0.1) is 16.0 Å². The highest BCUT2D eigenvalue weighted by Gasteiger charge is 2.42. The number of nitro benzene ring substituents is 1. The molecule has 1 heterocycles. The molecule has 0 aliphatic rings. The summed E-state index contributed by atoms with van der Waals surface area (Å²) in [6.45, 7) is 3.42. The van der Waals surface area contributed by atoms with Gasteiger partial charge in [0.05, 0.1) is 15.8 Å². The first-order chi connectivity index (χ1) is 21.6. The van der Waals surface area contributed by atoms with Crippen molar-refractivity contribution < 1.29 is 32.4 Å². The van der Waals surface area contributed by atoms with E-state index in [2.05, 4.69) is 23.6 Å². The maximum Gasteiger partial charge on any atom is 0.340 e. The Morgan fingerprint density at radius 1 is 1.00 bits per heavy atom. The number of benzene rings is 4. The zero-order valence-corrected chi connectivity index (χ0v) is 24.9. The van der Waals surface area contributed by atoms with E-state index in [0.717, 1.165) is 42.1 Å². The van der Waals surface area contributed by atoms with Crippen LogP contribution in [0.1, 0.15) is 50.7 Å². The number of non-ortho nitro benzene ring substituents is 1. The Balaban J connectivity index is 1.71. The van der Waals surface area contributed by atoms with Gasteiger partial charge in [0, 0.05) is 45.4 Å². The van der Waals surface area contributed by atoms with Gasteiger partial charge in [-0.05, 0) is 42.7 Å². The Bertz CT molecular complexity index is 1890. The second kappa shape index (κ2) is 13.1. The first-order valence-corrected chi connectivity index (χ1v) is 14.8. The summed E-state index contributed by atoms with van der Waals surface area (Å²) in [4.78, 5) is 11.8. The number of aromatic nitrogens is 1. The lowest BCUT2D eigenvalue weighted by atomic mass is 9.98. The van der Waals surface area contributed by atoms with Crippen molar-refractivity contribution >= 4 is 44.0 Å². The molecule has 1 N–H and O–H groups in total. The molecular weight excluding hydrogens is 590 g/mol. The van der Waals surface area contributed by atoms with E-state index in [-0.39, 0.29) is 22.7 Å². The number of oxime groups is 1. The highest BCUT2D eigenvalue weighted by Crippen LogP contribution is 2.40. The highest BCUT2D eigenvalue weighted by molar-refractivity contribution is 6.22. The third kappa shape index (κ3) is 6.16. The predicted molar refractivity (Wildman–Crippen MR) is 167 cm³/mol. The van der Waals surface area contributed by atoms with Crippen molar-refractivity contribution in [3.63, 3.8) is 0 Å². The average molecular weight is 624 g/mol. The molecule has 4 aromatic carbocycles. The third-order valence-corrected chi connectivity index (χ3v) is 8.28. The molecule has 1 atom stereocenters. The van der Waals surface area contributed by atoms with Crippen LogP contribution in [0.15, 0.2) is 78.0 Å². The average Bonchev–Trinajstić information content (AvgIpc) is 3.35. The lowest BCUT2D eigenvalue weighted by Gasteiger charge is -2.18. The molecule has 0 radical (unpaired) electrons. The van der Waals surface area contributed by atoms with Gasteiger partial charge in [0.2, 0.25) is 0 Å². The van der Waals surface area contributed by atoms with Crippen molar-refractivity contribution in [2.75, 3.05) is 6.61 Å². The summed E-state index contributed by atoms with van der Waals surface area (Å²) in [5, 5.41) is 28.3. The van der Waals surface area contributed by atoms with Gasteiger partial charge in [0.25, 0.3) is 5.69 Å². The summed E-state index contributed by atoms with van der Waals surface area (Å²) in [6.07, 6.45) is 0.209. The molecule has 7 nitrogen and oxygen atoms in total. The Morgan fingerprint density at radius 3 is 2.38 bits per heavy atom. The van der Waals surface area contributed by atoms with E-state index in [1.54, 1.807) is 36.4 Å². The highest BCUT2D eigenvalue weighted by atomic mass is 19.3. The molecule has 0 fully saturated rings. The number of rotatable bonds is 13. The zero-order chi connectivity index (χ0) is 32.3. The Labute approximate surface area is 256 Å². The normalized spacial score (nSPS) is 13.3. The van der Waals surface area contributed by atoms with E-state index >= 15 is 0 Å². The summed E-state index contributed by atoms with van der Waals surface area (Å²) in [6, 6.07) is 19.9. The fraction of sp³-hybridized carbons (Fsp3) is 0.324. The number of ether oxygens (including phenoxy) is 1. The summed E-state index contributed by atoms with van der Waals surface area (Å²) in [5.74, 6) is -4.19. The molecule has 0 amide bonds. The van der Waals surface area contributed by atoms with E-state index in [1.807, 2.05) is 18.2 Å². The monoisotopic (exact) mass is 623 g/mol. The number of halogens is 4. The number of hydrogen-bond donors (Lipinski definition) is 1. The molecule has 0 bridgehead atoms. The SMILES string of the molecule is CCCCC(CC)Cn1c2ccc(/C(=N\O)c3ccccc3OCC(F)(F)C(F)F)cc2c2cc([N+](=O)[O-])c3ccccc3c21. The summed E-state index contributed by atoms with van der Waals surface area (Å²) >= 11 is 0. The predicted octanol–water partition coefficient (Wildman–Crippen LogP) is 9.58. The molecule has 0 aliphatic heterocycles. The van der Waals surface area contributed by atoms with Gasteiger partial charge in [-0.1, -0.05) is 74.7 Å². The van der Waals surface area contributed by atoms with Crippen molar-refractivity contribution in [3.05, 3.63) is 94.0 Å². The summed E-state index contributed by atoms with van der Waals surface area (Å²) in [5.41, 5.74) is 2.06. The number of para-hydroxylation sites is 1. The molecular formula is C34H33F4N3O4. The summed E-state index contributed by atoms with van der Waals surface area (Å²) in [7, 11) is 0. The van der Waals surface area contributed by atoms with E-state index in [9.17, 15) is 32.9 Å². The Morgan fingerprint density at radius 2 is 1.71 bits per heavy atom. The van der Waals surface area contributed by atoms with Crippen LogP contribution in [0.25, 0.3) is 32.6 Å². The maximum absolute atomic E-state index is 13.7. The number of nitrogens with zero attached hydrogens (tertiary/aromatic N) is 3. The van der Waals surface area contributed by atoms with Crippen molar-refractivity contribution in [1.29, 1.82) is 0 Å². The minimum absolute atomic E-state index is 0.0431. The lowest BCUT2D eigenvalue weighted by molar-refractivity contribution is -0.382. The van der Waals surface area contributed by atoms with Gasteiger partial charge in [-0.2, -0.15) is 8.78 Å². The second-order valence-electron chi connectivity index (χ2n) is 11.1. The second-order valence-corrected chi connectivity index (χ2v) is 11.1. The first kappa shape index (κ1) is 31.7. The fourth-order valence-electron chi connectivity index (χ4n) is 5.90. The topological polar surface area (TPSA) is 89.9 Å². The van der Waals surface area contributed by atoms with Crippen LogP contribution in [0.5, 0.6) is 5.75 Å². The molecule has 11 heteroatoms. The quantitative estimate of drug-likeness (QED) is 0.0465. The minimum Gasteiger partial charge on any atom is -0.486 e. The van der Waals surface area contributed by atoms with E-state index < -0.39 is 23.9 Å². The smallest absolute Gasteiger partial charge is 0.340 e. The molecule has 0 aliphatic carbocycles. The van der Waals surface area contributed by atoms with Gasteiger partial charge in [0.1, 0.15) is 11.5 Å². The minimum atomic E-state index is -4.38. The lowest BCUT2D eigenvalue weighted by Crippen LogP contribution is -2.34. The Kier molecular flexibility index (Phi) is 9.27. The van der Waals surface area contributed by atoms with Gasteiger partial charge in [0.15, 0.2) is 6.61 Å². The van der Waals surface area contributed by atoms with Crippen molar-refractivity contribution in [2.45, 2.75) is 58.4 Å². The molecule has 0 saturated carbocycles. The van der Waals surface area contributed by atoms with E-state index in [0.29, 0.717) is 34.2 Å². The van der Waals surface area contributed by atoms with E-state index in [4.69, 9.17) is 4.74 Å². The zero-order valence-electron chi connectivity index (χ0n) is 24.9. The van der Waals surface area contributed by atoms with Crippen LogP contribution < -0.4 is 4.74 Å². The molecule has 5 aromatic rings. The molecule has 45 heavy (non-hydrogen) atoms. The van der Waals surface area contributed by atoms with Crippen LogP contribution in [0.2, 0.25) is 0 Å². The van der Waals surface area contributed by atoms with Gasteiger partial charge in [-0.15, -0.1) is 0 Å². The van der Waals surface area contributed by atoms with Crippen LogP contribution in [0.4, 0.5) is 23.2 Å². The summed E-state index contributed by atoms with van der Waals surface area (Å²) < 4.78 is 60.2. The molecule has 5 rings (SSSR count). The van der Waals surface area contributed by atoms with Gasteiger partial charge >= 0.3 is 12.3 Å². The first-order valence-electron chi connectivity index (χ1n) is 14.8. The van der Waals surface area contributed by atoms with Crippen molar-refractivity contribution in [1.82, 2.24) is 4.57 Å². The number of unbranched alkanes of at least 4 members (excludes halogenated alkanes) is 1. The molecule has 1 aromatic heterocycles. The molecule has 236 valence electrons. The molecule has 0 spiro atoms. The van der Waals surface area contributed by atoms with Crippen LogP contribution in [-0.4, -0.2) is 39.4 Å².